The highest BCUT2D eigenvalue weighted by molar-refractivity contribution is 5.93. The summed E-state index contributed by atoms with van der Waals surface area (Å²) < 4.78 is 0. The van der Waals surface area contributed by atoms with Crippen molar-refractivity contribution in [2.24, 2.45) is 5.41 Å². The molecule has 4 rings (SSSR count). The van der Waals surface area contributed by atoms with Gasteiger partial charge in [-0.2, -0.15) is 5.10 Å². The Morgan fingerprint density at radius 1 is 1.06 bits per heavy atom. The molecule has 170 valence electrons. The van der Waals surface area contributed by atoms with Crippen LogP contribution in [0.25, 0.3) is 11.1 Å². The van der Waals surface area contributed by atoms with Gasteiger partial charge >= 0.3 is 0 Å². The van der Waals surface area contributed by atoms with E-state index in [2.05, 4.69) is 39.8 Å². The SMILES string of the molecule is CC(C)NC(=O)[C@]1(Cc2ccccc2-c2ccccc2)CCN(C(=O)c2ccc(=O)[nH]n2)C1. The van der Waals surface area contributed by atoms with Gasteiger partial charge in [-0.15, -0.1) is 0 Å². The van der Waals surface area contributed by atoms with E-state index in [4.69, 9.17) is 0 Å². The monoisotopic (exact) mass is 444 g/mol. The Labute approximate surface area is 192 Å². The van der Waals surface area contributed by atoms with Crippen molar-refractivity contribution in [1.82, 2.24) is 20.4 Å². The van der Waals surface area contributed by atoms with E-state index in [-0.39, 0.29) is 35.7 Å². The van der Waals surface area contributed by atoms with Crippen LogP contribution in [0.15, 0.2) is 71.5 Å². The predicted octanol–water partition coefficient (Wildman–Crippen LogP) is 3.04. The highest BCUT2D eigenvalue weighted by Crippen LogP contribution is 2.38. The van der Waals surface area contributed by atoms with Crippen molar-refractivity contribution in [2.45, 2.75) is 32.7 Å². The van der Waals surface area contributed by atoms with Crippen LogP contribution in [-0.4, -0.2) is 46.0 Å². The number of rotatable bonds is 6. The summed E-state index contributed by atoms with van der Waals surface area (Å²) in [7, 11) is 0. The van der Waals surface area contributed by atoms with E-state index in [1.54, 1.807) is 4.90 Å². The molecule has 1 aliphatic heterocycles. The van der Waals surface area contributed by atoms with Crippen molar-refractivity contribution in [1.29, 1.82) is 0 Å². The van der Waals surface area contributed by atoms with Crippen LogP contribution in [-0.2, 0) is 11.2 Å². The van der Waals surface area contributed by atoms with Gasteiger partial charge in [0.2, 0.25) is 5.91 Å². The zero-order valence-corrected chi connectivity index (χ0v) is 18.9. The number of carbonyl (C=O) groups excluding carboxylic acids is 2. The molecule has 1 fully saturated rings. The minimum absolute atomic E-state index is 0.00985. The molecule has 7 heteroatoms. The predicted molar refractivity (Wildman–Crippen MR) is 127 cm³/mol. The molecule has 1 atom stereocenters. The van der Waals surface area contributed by atoms with Crippen molar-refractivity contribution >= 4 is 11.8 Å². The van der Waals surface area contributed by atoms with Crippen molar-refractivity contribution in [2.75, 3.05) is 13.1 Å². The summed E-state index contributed by atoms with van der Waals surface area (Å²) in [4.78, 5) is 39.5. The Hall–Kier alpha value is -3.74. The summed E-state index contributed by atoms with van der Waals surface area (Å²) in [6.07, 6.45) is 1.06. The second-order valence-electron chi connectivity index (χ2n) is 8.89. The molecule has 33 heavy (non-hydrogen) atoms. The number of hydrogen-bond donors (Lipinski definition) is 2. The number of benzene rings is 2. The number of aromatic amines is 1. The molecule has 7 nitrogen and oxygen atoms in total. The molecular weight excluding hydrogens is 416 g/mol. The largest absolute Gasteiger partial charge is 0.353 e. The third kappa shape index (κ3) is 4.87. The van der Waals surface area contributed by atoms with Gasteiger partial charge in [0.25, 0.3) is 11.5 Å². The van der Waals surface area contributed by atoms with Gasteiger partial charge in [-0.05, 0) is 49.4 Å². The number of nitrogens with one attached hydrogen (secondary N) is 2. The number of H-pyrrole nitrogens is 1. The van der Waals surface area contributed by atoms with Crippen LogP contribution in [0, 0.1) is 5.41 Å². The molecule has 0 radical (unpaired) electrons. The van der Waals surface area contributed by atoms with Crippen LogP contribution >= 0.6 is 0 Å². The van der Waals surface area contributed by atoms with E-state index in [1.165, 1.54) is 12.1 Å². The molecule has 0 bridgehead atoms. The second kappa shape index (κ2) is 9.40. The molecule has 0 unspecified atom stereocenters. The number of hydrogen-bond acceptors (Lipinski definition) is 4. The highest BCUT2D eigenvalue weighted by atomic mass is 16.2. The summed E-state index contributed by atoms with van der Waals surface area (Å²) >= 11 is 0. The molecule has 0 spiro atoms. The quantitative estimate of drug-likeness (QED) is 0.611. The first-order valence-electron chi connectivity index (χ1n) is 11.2. The smallest absolute Gasteiger partial charge is 0.274 e. The van der Waals surface area contributed by atoms with Gasteiger partial charge in [0, 0.05) is 25.2 Å². The van der Waals surface area contributed by atoms with E-state index < -0.39 is 5.41 Å². The molecule has 1 aliphatic rings. The average Bonchev–Trinajstić information content (AvgIpc) is 3.25. The first kappa shape index (κ1) is 22.5. The average molecular weight is 445 g/mol. The number of amides is 2. The Morgan fingerprint density at radius 2 is 1.79 bits per heavy atom. The van der Waals surface area contributed by atoms with E-state index in [0.29, 0.717) is 19.4 Å². The molecule has 2 aromatic carbocycles. The summed E-state index contributed by atoms with van der Waals surface area (Å²) in [6, 6.07) is 20.9. The zero-order valence-electron chi connectivity index (χ0n) is 18.9. The van der Waals surface area contributed by atoms with Gasteiger partial charge in [0.05, 0.1) is 5.41 Å². The van der Waals surface area contributed by atoms with Gasteiger partial charge in [0.1, 0.15) is 5.69 Å². The second-order valence-corrected chi connectivity index (χ2v) is 8.89. The summed E-state index contributed by atoms with van der Waals surface area (Å²) in [5.74, 6) is -0.341. The maximum atomic E-state index is 13.5. The van der Waals surface area contributed by atoms with E-state index in [1.807, 2.05) is 44.2 Å². The van der Waals surface area contributed by atoms with Gasteiger partial charge in [-0.3, -0.25) is 14.4 Å². The van der Waals surface area contributed by atoms with E-state index >= 15 is 0 Å². The summed E-state index contributed by atoms with van der Waals surface area (Å²) in [6.45, 7) is 4.60. The number of carbonyl (C=O) groups is 2. The molecule has 1 aromatic heterocycles. The van der Waals surface area contributed by atoms with Gasteiger partial charge in [-0.25, -0.2) is 5.10 Å². The molecule has 2 N–H and O–H groups in total. The van der Waals surface area contributed by atoms with Crippen LogP contribution in [0.2, 0.25) is 0 Å². The third-order valence-electron chi connectivity index (χ3n) is 6.07. The number of likely N-dealkylation sites (tertiary alicyclic amines) is 1. The fraction of sp³-hybridized carbons (Fsp3) is 0.308. The molecule has 0 saturated carbocycles. The third-order valence-corrected chi connectivity index (χ3v) is 6.07. The number of nitrogens with zero attached hydrogens (tertiary/aromatic N) is 2. The van der Waals surface area contributed by atoms with E-state index in [9.17, 15) is 14.4 Å². The Bertz CT molecular complexity index is 1180. The van der Waals surface area contributed by atoms with Crippen LogP contribution in [0.1, 0.15) is 36.3 Å². The van der Waals surface area contributed by atoms with E-state index in [0.717, 1.165) is 16.7 Å². The lowest BCUT2D eigenvalue weighted by molar-refractivity contribution is -0.130. The molecule has 3 aromatic rings. The standard InChI is InChI=1S/C26H28N4O3/c1-18(2)27-25(33)26(14-15-30(17-26)24(32)22-12-13-23(31)29-28-22)16-20-10-6-7-11-21(20)19-8-4-3-5-9-19/h3-13,18H,14-17H2,1-2H3,(H,27,33)(H,29,31)/t26-/m0/s1. The normalized spacial score (nSPS) is 17.8. The molecule has 1 saturated heterocycles. The highest BCUT2D eigenvalue weighted by Gasteiger charge is 2.46. The Kier molecular flexibility index (Phi) is 6.40. The molecular formula is C26H28N4O3. The zero-order chi connectivity index (χ0) is 23.4. The summed E-state index contributed by atoms with van der Waals surface area (Å²) in [5.41, 5.74) is 2.29. The van der Waals surface area contributed by atoms with Crippen LogP contribution in [0.4, 0.5) is 0 Å². The minimum atomic E-state index is -0.757. The molecule has 0 aliphatic carbocycles. The van der Waals surface area contributed by atoms with Gasteiger partial charge < -0.3 is 10.2 Å². The number of aromatic nitrogens is 2. The maximum absolute atomic E-state index is 13.5. The first-order valence-corrected chi connectivity index (χ1v) is 11.2. The summed E-state index contributed by atoms with van der Waals surface area (Å²) in [5, 5.41) is 9.25. The van der Waals surface area contributed by atoms with Crippen LogP contribution in [0.5, 0.6) is 0 Å². The first-order chi connectivity index (χ1) is 15.9. The Balaban J connectivity index is 1.66. The van der Waals surface area contributed by atoms with Crippen molar-refractivity contribution in [3.8, 4) is 11.1 Å². The van der Waals surface area contributed by atoms with Crippen molar-refractivity contribution in [3.05, 3.63) is 88.3 Å². The fourth-order valence-electron chi connectivity index (χ4n) is 4.43. The fourth-order valence-corrected chi connectivity index (χ4v) is 4.43. The van der Waals surface area contributed by atoms with Crippen molar-refractivity contribution < 1.29 is 9.59 Å². The topological polar surface area (TPSA) is 95.2 Å². The van der Waals surface area contributed by atoms with Crippen LogP contribution < -0.4 is 10.9 Å². The molecule has 2 heterocycles. The Morgan fingerprint density at radius 3 is 2.48 bits per heavy atom. The lowest BCUT2D eigenvalue weighted by Crippen LogP contribution is -2.47. The van der Waals surface area contributed by atoms with Crippen molar-refractivity contribution in [3.63, 3.8) is 0 Å². The van der Waals surface area contributed by atoms with Crippen LogP contribution in [0.3, 0.4) is 0 Å². The minimum Gasteiger partial charge on any atom is -0.353 e. The van der Waals surface area contributed by atoms with Gasteiger partial charge in [-0.1, -0.05) is 54.6 Å². The lowest BCUT2D eigenvalue weighted by atomic mass is 9.78. The lowest BCUT2D eigenvalue weighted by Gasteiger charge is -2.30. The van der Waals surface area contributed by atoms with Gasteiger partial charge in [0.15, 0.2) is 0 Å². The molecule has 2 amide bonds. The maximum Gasteiger partial charge on any atom is 0.274 e.